The summed E-state index contributed by atoms with van der Waals surface area (Å²) in [6.07, 6.45) is 0.654. The Balaban J connectivity index is 1.49. The van der Waals surface area contributed by atoms with Gasteiger partial charge in [0.15, 0.2) is 5.16 Å². The number of aromatic nitrogens is 3. The van der Waals surface area contributed by atoms with Crippen LogP contribution in [0.3, 0.4) is 0 Å². The normalized spacial score (nSPS) is 11.8. The third-order valence-corrected chi connectivity index (χ3v) is 6.14. The van der Waals surface area contributed by atoms with E-state index in [1.807, 2.05) is 84.3 Å². The van der Waals surface area contributed by atoms with E-state index in [-0.39, 0.29) is 17.7 Å². The van der Waals surface area contributed by atoms with Gasteiger partial charge in [-0.15, -0.1) is 10.2 Å². The van der Waals surface area contributed by atoms with Gasteiger partial charge in [-0.3, -0.25) is 9.36 Å². The second-order valence-electron chi connectivity index (χ2n) is 7.37. The molecule has 0 saturated heterocycles. The van der Waals surface area contributed by atoms with Crippen LogP contribution < -0.4 is 5.32 Å². The first kappa shape index (κ1) is 22.1. The first-order chi connectivity index (χ1) is 15.6. The summed E-state index contributed by atoms with van der Waals surface area (Å²) < 4.78 is 2.02. The van der Waals surface area contributed by atoms with Gasteiger partial charge in [-0.05, 0) is 42.3 Å². The number of carbonyl (C=O) groups excluding carboxylic acids is 1. The molecule has 0 radical (unpaired) electrons. The van der Waals surface area contributed by atoms with Gasteiger partial charge in [-0.2, -0.15) is 0 Å². The molecular formula is C25H23ClN4OS. The van der Waals surface area contributed by atoms with Crippen molar-refractivity contribution in [2.75, 3.05) is 5.75 Å². The molecule has 7 heteroatoms. The molecule has 32 heavy (non-hydrogen) atoms. The van der Waals surface area contributed by atoms with E-state index in [2.05, 4.69) is 27.6 Å². The molecule has 0 aliphatic carbocycles. The quantitative estimate of drug-likeness (QED) is 0.352. The number of nitrogens with one attached hydrogen (secondary N) is 1. The minimum atomic E-state index is -0.137. The summed E-state index contributed by atoms with van der Waals surface area (Å²) in [4.78, 5) is 12.6. The van der Waals surface area contributed by atoms with Crippen LogP contribution in [0.2, 0.25) is 5.02 Å². The number of hydrogen-bond donors (Lipinski definition) is 1. The van der Waals surface area contributed by atoms with Crippen LogP contribution in [0.4, 0.5) is 0 Å². The van der Waals surface area contributed by atoms with Crippen LogP contribution in [-0.4, -0.2) is 26.4 Å². The second kappa shape index (κ2) is 10.5. The Kier molecular flexibility index (Phi) is 7.24. The van der Waals surface area contributed by atoms with Gasteiger partial charge in [0.25, 0.3) is 0 Å². The van der Waals surface area contributed by atoms with E-state index in [9.17, 15) is 4.79 Å². The summed E-state index contributed by atoms with van der Waals surface area (Å²) >= 11 is 7.44. The summed E-state index contributed by atoms with van der Waals surface area (Å²) in [5.41, 5.74) is 3.09. The number of halogens is 1. The Morgan fingerprint density at radius 2 is 1.72 bits per heavy atom. The van der Waals surface area contributed by atoms with E-state index in [4.69, 9.17) is 11.6 Å². The smallest absolute Gasteiger partial charge is 0.230 e. The average Bonchev–Trinajstić information content (AvgIpc) is 3.21. The van der Waals surface area contributed by atoms with E-state index in [0.717, 1.165) is 22.6 Å². The fourth-order valence-corrected chi connectivity index (χ4v) is 4.38. The zero-order valence-corrected chi connectivity index (χ0v) is 19.2. The van der Waals surface area contributed by atoms with Crippen LogP contribution >= 0.6 is 23.4 Å². The average molecular weight is 463 g/mol. The van der Waals surface area contributed by atoms with Crippen molar-refractivity contribution in [3.8, 4) is 5.69 Å². The van der Waals surface area contributed by atoms with Crippen molar-refractivity contribution in [2.45, 2.75) is 24.5 Å². The van der Waals surface area contributed by atoms with E-state index in [1.54, 1.807) is 0 Å². The zero-order valence-electron chi connectivity index (χ0n) is 17.6. The summed E-state index contributed by atoms with van der Waals surface area (Å²) in [6.45, 7) is 1.94. The third-order valence-electron chi connectivity index (χ3n) is 4.98. The van der Waals surface area contributed by atoms with E-state index >= 15 is 0 Å². The zero-order chi connectivity index (χ0) is 22.3. The molecule has 0 saturated carbocycles. The Bertz CT molecular complexity index is 1180. The van der Waals surface area contributed by atoms with Crippen LogP contribution in [0.5, 0.6) is 0 Å². The highest BCUT2D eigenvalue weighted by atomic mass is 35.5. The van der Waals surface area contributed by atoms with E-state index in [1.165, 1.54) is 11.8 Å². The van der Waals surface area contributed by atoms with Crippen molar-refractivity contribution in [3.63, 3.8) is 0 Å². The molecule has 1 unspecified atom stereocenters. The van der Waals surface area contributed by atoms with E-state index in [0.29, 0.717) is 16.6 Å². The van der Waals surface area contributed by atoms with Gasteiger partial charge in [0.2, 0.25) is 5.91 Å². The minimum absolute atomic E-state index is 0.0744. The van der Waals surface area contributed by atoms with Crippen molar-refractivity contribution in [1.29, 1.82) is 0 Å². The maximum absolute atomic E-state index is 12.6. The molecule has 0 aliphatic rings. The lowest BCUT2D eigenvalue weighted by molar-refractivity contribution is -0.119. The van der Waals surface area contributed by atoms with Gasteiger partial charge < -0.3 is 5.32 Å². The van der Waals surface area contributed by atoms with Crippen molar-refractivity contribution in [1.82, 2.24) is 20.1 Å². The molecule has 0 aliphatic heterocycles. The number of para-hydroxylation sites is 1. The number of carbonyl (C=O) groups is 1. The molecule has 4 aromatic rings. The van der Waals surface area contributed by atoms with Crippen LogP contribution in [0.1, 0.15) is 29.9 Å². The van der Waals surface area contributed by atoms with Crippen molar-refractivity contribution in [2.24, 2.45) is 0 Å². The summed E-state index contributed by atoms with van der Waals surface area (Å²) in [5, 5.41) is 13.2. The maximum Gasteiger partial charge on any atom is 0.230 e. The predicted octanol–water partition coefficient (Wildman–Crippen LogP) is 5.48. The molecule has 3 aromatic carbocycles. The number of thioether (sulfide) groups is 1. The maximum atomic E-state index is 12.6. The molecule has 0 bridgehead atoms. The molecule has 0 spiro atoms. The van der Waals surface area contributed by atoms with Crippen LogP contribution in [0.25, 0.3) is 5.69 Å². The molecule has 1 atom stereocenters. The lowest BCUT2D eigenvalue weighted by atomic mass is 10.1. The standard InChI is InChI=1S/C25H23ClN4OS/c1-18(20-11-8-12-21(26)16-20)27-24(31)17-32-25-29-28-23(15-19-9-4-2-5-10-19)30(25)22-13-6-3-7-14-22/h2-14,16,18H,15,17H2,1H3,(H,27,31). The molecule has 1 aromatic heterocycles. The van der Waals surface area contributed by atoms with E-state index < -0.39 is 0 Å². The Hall–Kier alpha value is -3.09. The molecule has 1 amide bonds. The highest BCUT2D eigenvalue weighted by Gasteiger charge is 2.17. The monoisotopic (exact) mass is 462 g/mol. The third kappa shape index (κ3) is 5.58. The molecule has 0 fully saturated rings. The minimum Gasteiger partial charge on any atom is -0.349 e. The Morgan fingerprint density at radius 1 is 1.00 bits per heavy atom. The van der Waals surface area contributed by atoms with Gasteiger partial charge in [-0.1, -0.05) is 84.0 Å². The lowest BCUT2D eigenvalue weighted by Gasteiger charge is -2.15. The van der Waals surface area contributed by atoms with Crippen LogP contribution in [0.15, 0.2) is 90.1 Å². The largest absolute Gasteiger partial charge is 0.349 e. The van der Waals surface area contributed by atoms with Crippen molar-refractivity contribution >= 4 is 29.3 Å². The molecule has 4 rings (SSSR count). The summed E-state index contributed by atoms with van der Waals surface area (Å²) in [5.74, 6) is 0.994. The molecule has 162 valence electrons. The number of nitrogens with zero attached hydrogens (tertiary/aromatic N) is 3. The highest BCUT2D eigenvalue weighted by Crippen LogP contribution is 2.24. The second-order valence-corrected chi connectivity index (χ2v) is 8.74. The number of rotatable bonds is 8. The van der Waals surface area contributed by atoms with Crippen molar-refractivity contribution in [3.05, 3.63) is 107 Å². The predicted molar refractivity (Wildman–Crippen MR) is 129 cm³/mol. The van der Waals surface area contributed by atoms with Gasteiger partial charge >= 0.3 is 0 Å². The first-order valence-corrected chi connectivity index (χ1v) is 11.7. The number of benzene rings is 3. The van der Waals surface area contributed by atoms with Gasteiger partial charge in [0.1, 0.15) is 5.82 Å². The fourth-order valence-electron chi connectivity index (χ4n) is 3.40. The lowest BCUT2D eigenvalue weighted by Crippen LogP contribution is -2.28. The number of amides is 1. The number of hydrogen-bond acceptors (Lipinski definition) is 4. The Labute approximate surface area is 196 Å². The molecule has 5 nitrogen and oxygen atoms in total. The van der Waals surface area contributed by atoms with Gasteiger partial charge in [-0.25, -0.2) is 0 Å². The topological polar surface area (TPSA) is 59.8 Å². The van der Waals surface area contributed by atoms with Gasteiger partial charge in [0, 0.05) is 17.1 Å². The Morgan fingerprint density at radius 3 is 2.44 bits per heavy atom. The molecular weight excluding hydrogens is 440 g/mol. The SMILES string of the molecule is CC(NC(=O)CSc1nnc(Cc2ccccc2)n1-c1ccccc1)c1cccc(Cl)c1. The van der Waals surface area contributed by atoms with Gasteiger partial charge in [0.05, 0.1) is 11.8 Å². The molecule has 1 N–H and O–H groups in total. The highest BCUT2D eigenvalue weighted by molar-refractivity contribution is 7.99. The first-order valence-electron chi connectivity index (χ1n) is 10.3. The van der Waals surface area contributed by atoms with Crippen LogP contribution in [-0.2, 0) is 11.2 Å². The summed E-state index contributed by atoms with van der Waals surface area (Å²) in [7, 11) is 0. The van der Waals surface area contributed by atoms with Crippen LogP contribution in [0, 0.1) is 0 Å². The fraction of sp³-hybridized carbons (Fsp3) is 0.160. The van der Waals surface area contributed by atoms with Crippen molar-refractivity contribution < 1.29 is 4.79 Å². The summed E-state index contributed by atoms with van der Waals surface area (Å²) in [6, 6.07) is 27.5. The molecule has 1 heterocycles.